The van der Waals surface area contributed by atoms with Crippen molar-refractivity contribution in [3.8, 4) is 0 Å². The molecule has 0 spiro atoms. The Kier molecular flexibility index (Phi) is 6.19. The molecule has 4 nitrogen and oxygen atoms in total. The highest BCUT2D eigenvalue weighted by Gasteiger charge is 1.97. The topological polar surface area (TPSA) is 44.8 Å². The van der Waals surface area contributed by atoms with E-state index in [0.717, 1.165) is 0 Å². The predicted molar refractivity (Wildman–Crippen MR) is 31.2 cm³/mol. The number of carbonyl (C=O) groups excluding carboxylic acids is 1. The number of rotatable bonds is 4. The molecular weight excluding hydrogens is 172 g/mol. The summed E-state index contributed by atoms with van der Waals surface area (Å²) in [6.07, 6.45) is 0. The van der Waals surface area contributed by atoms with Crippen LogP contribution >= 0.6 is 0 Å². The highest BCUT2D eigenvalue weighted by Crippen LogP contribution is 1.72. The van der Waals surface area contributed by atoms with E-state index in [9.17, 15) is 4.79 Å². The van der Waals surface area contributed by atoms with Crippen molar-refractivity contribution in [2.45, 2.75) is 6.92 Å². The van der Waals surface area contributed by atoms with E-state index in [1.54, 1.807) is 0 Å². The maximum absolute atomic E-state index is 10.1. The van der Waals surface area contributed by atoms with Gasteiger partial charge in [-0.1, -0.05) is 0 Å². The lowest BCUT2D eigenvalue weighted by Gasteiger charge is -1.95. The van der Waals surface area contributed by atoms with Crippen LogP contribution in [0.4, 0.5) is 0 Å². The van der Waals surface area contributed by atoms with Gasteiger partial charge >= 0.3 is 20.0 Å². The van der Waals surface area contributed by atoms with Gasteiger partial charge in [-0.15, -0.1) is 0 Å². The molecule has 0 unspecified atom stereocenters. The second-order valence-corrected chi connectivity index (χ2v) is 3.13. The van der Waals surface area contributed by atoms with Crippen molar-refractivity contribution in [2.24, 2.45) is 0 Å². The van der Waals surface area contributed by atoms with Gasteiger partial charge in [-0.3, -0.25) is 4.79 Å². The maximum Gasteiger partial charge on any atom is 0.512 e. The van der Waals surface area contributed by atoms with Crippen molar-refractivity contribution >= 4 is 36.5 Å². The highest BCUT2D eigenvalue weighted by atomic mass is 28.4. The summed E-state index contributed by atoms with van der Waals surface area (Å²) in [7, 11) is 2.30. The van der Waals surface area contributed by atoms with Gasteiger partial charge in [-0.05, 0) is 0 Å². The minimum atomic E-state index is -0.355. The molecule has 47 valence electrons. The molecular formula is C2H3O4Si3. The number of carbonyl (C=O) groups is 1. The molecule has 0 fully saturated rings. The summed E-state index contributed by atoms with van der Waals surface area (Å²) in [6, 6.07) is 0. The van der Waals surface area contributed by atoms with E-state index in [1.165, 1.54) is 6.92 Å². The fraction of sp³-hybridized carbons (Fsp3) is 0.500. The molecule has 0 atom stereocenters. The molecule has 7 heteroatoms. The maximum atomic E-state index is 10.1. The third-order valence-corrected chi connectivity index (χ3v) is 1.68. The van der Waals surface area contributed by atoms with Crippen LogP contribution in [-0.4, -0.2) is 36.5 Å². The average molecular weight is 175 g/mol. The third kappa shape index (κ3) is 8.04. The van der Waals surface area contributed by atoms with Gasteiger partial charge < -0.3 is 12.7 Å². The Balaban J connectivity index is 2.83. The van der Waals surface area contributed by atoms with Crippen LogP contribution in [0.25, 0.3) is 0 Å². The summed E-state index contributed by atoms with van der Waals surface area (Å²) in [5, 5.41) is 0. The SMILES string of the molecule is CC(=O)O[Si]O[Si]O[Si]. The van der Waals surface area contributed by atoms with Crippen LogP contribution in [0.15, 0.2) is 0 Å². The zero-order chi connectivity index (χ0) is 7.11. The fourth-order valence-corrected chi connectivity index (χ4v) is 1.08. The molecule has 0 aliphatic carbocycles. The van der Waals surface area contributed by atoms with E-state index in [4.69, 9.17) is 0 Å². The molecule has 7 radical (unpaired) electrons. The zero-order valence-electron chi connectivity index (χ0n) is 4.63. The van der Waals surface area contributed by atoms with Gasteiger partial charge in [0.15, 0.2) is 0 Å². The minimum absolute atomic E-state index is 0.137. The Morgan fingerprint density at radius 3 is 2.67 bits per heavy atom. The van der Waals surface area contributed by atoms with Gasteiger partial charge in [0.2, 0.25) is 10.5 Å². The van der Waals surface area contributed by atoms with Crippen LogP contribution in [0.3, 0.4) is 0 Å². The van der Waals surface area contributed by atoms with Crippen molar-refractivity contribution in [3.63, 3.8) is 0 Å². The number of hydrogen-bond donors (Lipinski definition) is 0. The summed E-state index contributed by atoms with van der Waals surface area (Å²) in [4.78, 5) is 10.1. The van der Waals surface area contributed by atoms with E-state index >= 15 is 0 Å². The normalized spacial score (nSPS) is 9.11. The Bertz CT molecular complexity index is 85.9. The molecule has 0 saturated heterocycles. The molecule has 0 saturated carbocycles. The third-order valence-electron chi connectivity index (χ3n) is 0.310. The first-order chi connectivity index (χ1) is 4.27. The van der Waals surface area contributed by atoms with E-state index in [1.807, 2.05) is 0 Å². The van der Waals surface area contributed by atoms with Crippen molar-refractivity contribution < 1.29 is 17.5 Å². The molecule has 0 aliphatic rings. The largest absolute Gasteiger partial charge is 0.512 e. The smallest absolute Gasteiger partial charge is 0.491 e. The standard InChI is InChI=1S/C2H3O4Si3/c1-2(3)4-8-6-9-5-7/h1H3. The van der Waals surface area contributed by atoms with E-state index in [2.05, 4.69) is 23.1 Å². The Labute approximate surface area is 61.5 Å². The van der Waals surface area contributed by atoms with E-state index in [0.29, 0.717) is 0 Å². The summed E-state index contributed by atoms with van der Waals surface area (Å²) in [5.74, 6) is -0.355. The summed E-state index contributed by atoms with van der Waals surface area (Å²) in [6.45, 7) is 1.31. The summed E-state index contributed by atoms with van der Waals surface area (Å²) in [5.41, 5.74) is 0. The number of hydrogen-bond acceptors (Lipinski definition) is 4. The van der Waals surface area contributed by atoms with Gasteiger partial charge in [-0.25, -0.2) is 0 Å². The molecule has 0 aromatic heterocycles. The quantitative estimate of drug-likeness (QED) is 0.395. The van der Waals surface area contributed by atoms with Crippen molar-refractivity contribution in [3.05, 3.63) is 0 Å². The highest BCUT2D eigenvalue weighted by molar-refractivity contribution is 6.39. The average Bonchev–Trinajstić information content (AvgIpc) is 1.80. The van der Waals surface area contributed by atoms with Gasteiger partial charge in [0, 0.05) is 6.92 Å². The van der Waals surface area contributed by atoms with E-state index < -0.39 is 0 Å². The lowest BCUT2D eigenvalue weighted by molar-refractivity contribution is -0.132. The van der Waals surface area contributed by atoms with Crippen LogP contribution < -0.4 is 0 Å². The Hall–Kier alpha value is 0.0406. The first kappa shape index (κ1) is 9.04. The van der Waals surface area contributed by atoms with Crippen LogP contribution in [-0.2, 0) is 17.5 Å². The Morgan fingerprint density at radius 2 is 2.22 bits per heavy atom. The monoisotopic (exact) mass is 175 g/mol. The van der Waals surface area contributed by atoms with Crippen molar-refractivity contribution in [2.75, 3.05) is 0 Å². The molecule has 0 aliphatic heterocycles. The lowest BCUT2D eigenvalue weighted by atomic mass is 10.9. The summed E-state index contributed by atoms with van der Waals surface area (Å²) < 4.78 is 13.4. The molecule has 0 aromatic rings. The Morgan fingerprint density at radius 1 is 1.56 bits per heavy atom. The molecule has 0 rings (SSSR count). The van der Waals surface area contributed by atoms with Gasteiger partial charge in [0.25, 0.3) is 5.97 Å². The fourth-order valence-electron chi connectivity index (χ4n) is 0.117. The van der Waals surface area contributed by atoms with Crippen LogP contribution in [0.5, 0.6) is 0 Å². The molecule has 0 heterocycles. The predicted octanol–water partition coefficient (Wildman–Crippen LogP) is -1.27. The molecule has 0 N–H and O–H groups in total. The lowest BCUT2D eigenvalue weighted by Crippen LogP contribution is -2.12. The minimum Gasteiger partial charge on any atom is -0.491 e. The summed E-state index contributed by atoms with van der Waals surface area (Å²) >= 11 is 0. The van der Waals surface area contributed by atoms with Crippen LogP contribution in [0, 0.1) is 0 Å². The van der Waals surface area contributed by atoms with Crippen molar-refractivity contribution in [1.29, 1.82) is 0 Å². The first-order valence-corrected chi connectivity index (χ1v) is 3.97. The van der Waals surface area contributed by atoms with Crippen LogP contribution in [0.1, 0.15) is 6.92 Å². The molecule has 0 amide bonds. The van der Waals surface area contributed by atoms with Gasteiger partial charge in [0.05, 0.1) is 0 Å². The second-order valence-electron chi connectivity index (χ2n) is 0.964. The molecule has 9 heavy (non-hydrogen) atoms. The van der Waals surface area contributed by atoms with Crippen molar-refractivity contribution in [1.82, 2.24) is 0 Å². The van der Waals surface area contributed by atoms with Gasteiger partial charge in [-0.2, -0.15) is 0 Å². The zero-order valence-corrected chi connectivity index (χ0v) is 7.63. The second kappa shape index (κ2) is 6.17. The van der Waals surface area contributed by atoms with E-state index in [-0.39, 0.29) is 26.0 Å². The molecule has 0 bridgehead atoms. The molecule has 0 aromatic carbocycles. The first-order valence-electron chi connectivity index (χ1n) is 1.93. The van der Waals surface area contributed by atoms with Gasteiger partial charge in [0.1, 0.15) is 0 Å². The van der Waals surface area contributed by atoms with Crippen LogP contribution in [0.2, 0.25) is 0 Å².